The zero-order chi connectivity index (χ0) is 12.5. The molecule has 0 saturated carbocycles. The molecule has 18 heavy (non-hydrogen) atoms. The number of hydrogen-bond acceptors (Lipinski definition) is 4. The molecule has 1 aliphatic heterocycles. The molecule has 0 fully saturated rings. The summed E-state index contributed by atoms with van der Waals surface area (Å²) >= 11 is 1.46. The molecule has 0 atom stereocenters. The highest BCUT2D eigenvalue weighted by molar-refractivity contribution is 7.12. The van der Waals surface area contributed by atoms with Gasteiger partial charge in [0.15, 0.2) is 5.82 Å². The standard InChI is InChI=1S/C12H14N4OS/c1-15(12(17)9-4-3-7-18-9)8-11-14-13-10-5-2-6-16(10)11/h3-4,7H,2,5-6,8H2,1H3. The number of rotatable bonds is 3. The Hall–Kier alpha value is -1.69. The first-order valence-electron chi connectivity index (χ1n) is 5.95. The fourth-order valence-electron chi connectivity index (χ4n) is 2.20. The maximum absolute atomic E-state index is 12.1. The van der Waals surface area contributed by atoms with E-state index in [-0.39, 0.29) is 5.91 Å². The van der Waals surface area contributed by atoms with Crippen molar-refractivity contribution >= 4 is 17.2 Å². The Morgan fingerprint density at radius 2 is 2.44 bits per heavy atom. The van der Waals surface area contributed by atoms with Gasteiger partial charge < -0.3 is 9.47 Å². The molecule has 1 amide bonds. The van der Waals surface area contributed by atoms with Crippen molar-refractivity contribution < 1.29 is 4.79 Å². The lowest BCUT2D eigenvalue weighted by atomic mass is 10.4. The summed E-state index contributed by atoms with van der Waals surface area (Å²) in [7, 11) is 1.80. The fourth-order valence-corrected chi connectivity index (χ4v) is 2.92. The molecular weight excluding hydrogens is 248 g/mol. The van der Waals surface area contributed by atoms with Crippen LogP contribution in [0.2, 0.25) is 0 Å². The number of thiophene rings is 1. The van der Waals surface area contributed by atoms with Gasteiger partial charge in [-0.15, -0.1) is 21.5 Å². The van der Waals surface area contributed by atoms with E-state index in [9.17, 15) is 4.79 Å². The topological polar surface area (TPSA) is 51.0 Å². The Labute approximate surface area is 109 Å². The fraction of sp³-hybridized carbons (Fsp3) is 0.417. The molecule has 5 nitrogen and oxygen atoms in total. The maximum atomic E-state index is 12.1. The van der Waals surface area contributed by atoms with Crippen molar-refractivity contribution in [3.8, 4) is 0 Å². The summed E-state index contributed by atoms with van der Waals surface area (Å²) in [5.74, 6) is 1.97. The predicted octanol–water partition coefficient (Wildman–Crippen LogP) is 1.56. The molecule has 0 saturated heterocycles. The van der Waals surface area contributed by atoms with Gasteiger partial charge in [-0.1, -0.05) is 6.07 Å². The van der Waals surface area contributed by atoms with Crippen LogP contribution in [0.1, 0.15) is 27.7 Å². The van der Waals surface area contributed by atoms with E-state index < -0.39 is 0 Å². The molecule has 0 N–H and O–H groups in total. The second kappa shape index (κ2) is 4.53. The van der Waals surface area contributed by atoms with Crippen LogP contribution < -0.4 is 0 Å². The lowest BCUT2D eigenvalue weighted by Gasteiger charge is -2.15. The number of amides is 1. The van der Waals surface area contributed by atoms with Crippen molar-refractivity contribution in [1.82, 2.24) is 19.7 Å². The monoisotopic (exact) mass is 262 g/mol. The zero-order valence-corrected chi connectivity index (χ0v) is 11.0. The lowest BCUT2D eigenvalue weighted by Crippen LogP contribution is -2.27. The summed E-state index contributed by atoms with van der Waals surface area (Å²) in [5, 5.41) is 10.2. The van der Waals surface area contributed by atoms with E-state index in [1.54, 1.807) is 11.9 Å². The predicted molar refractivity (Wildman–Crippen MR) is 68.5 cm³/mol. The van der Waals surface area contributed by atoms with E-state index in [2.05, 4.69) is 14.8 Å². The van der Waals surface area contributed by atoms with E-state index in [0.29, 0.717) is 6.54 Å². The van der Waals surface area contributed by atoms with Gasteiger partial charge in [0.05, 0.1) is 11.4 Å². The van der Waals surface area contributed by atoms with E-state index in [1.807, 2.05) is 17.5 Å². The van der Waals surface area contributed by atoms with Crippen LogP contribution in [0.3, 0.4) is 0 Å². The van der Waals surface area contributed by atoms with Gasteiger partial charge in [-0.25, -0.2) is 0 Å². The van der Waals surface area contributed by atoms with Gasteiger partial charge in [-0.05, 0) is 17.9 Å². The Bertz CT molecular complexity index is 561. The van der Waals surface area contributed by atoms with Gasteiger partial charge in [-0.3, -0.25) is 4.79 Å². The number of hydrogen-bond donors (Lipinski definition) is 0. The molecule has 0 radical (unpaired) electrons. The highest BCUT2D eigenvalue weighted by Gasteiger charge is 2.20. The van der Waals surface area contributed by atoms with E-state index in [0.717, 1.165) is 35.9 Å². The Balaban J connectivity index is 1.74. The largest absolute Gasteiger partial charge is 0.333 e. The summed E-state index contributed by atoms with van der Waals surface area (Å²) < 4.78 is 2.12. The molecule has 3 rings (SSSR count). The third kappa shape index (κ3) is 1.92. The first-order valence-corrected chi connectivity index (χ1v) is 6.83. The van der Waals surface area contributed by atoms with Gasteiger partial charge in [0, 0.05) is 20.0 Å². The smallest absolute Gasteiger partial charge is 0.264 e. The molecule has 6 heteroatoms. The number of fused-ring (bicyclic) bond motifs is 1. The molecular formula is C12H14N4OS. The van der Waals surface area contributed by atoms with Crippen molar-refractivity contribution in [3.05, 3.63) is 34.0 Å². The van der Waals surface area contributed by atoms with Crippen molar-refractivity contribution in [3.63, 3.8) is 0 Å². The number of aromatic nitrogens is 3. The Morgan fingerprint density at radius 3 is 3.22 bits per heavy atom. The minimum absolute atomic E-state index is 0.0420. The molecule has 0 unspecified atom stereocenters. The summed E-state index contributed by atoms with van der Waals surface area (Å²) in [5.41, 5.74) is 0. The van der Waals surface area contributed by atoms with Crippen LogP contribution in [0.25, 0.3) is 0 Å². The SMILES string of the molecule is CN(Cc1nnc2n1CCC2)C(=O)c1cccs1. The van der Waals surface area contributed by atoms with E-state index >= 15 is 0 Å². The van der Waals surface area contributed by atoms with Gasteiger partial charge in [0.2, 0.25) is 0 Å². The number of carbonyl (C=O) groups excluding carboxylic acids is 1. The average molecular weight is 262 g/mol. The summed E-state index contributed by atoms with van der Waals surface area (Å²) in [6, 6.07) is 3.73. The first kappa shape index (κ1) is 11.4. The molecule has 0 bridgehead atoms. The molecule has 3 heterocycles. The summed E-state index contributed by atoms with van der Waals surface area (Å²) in [6.45, 7) is 1.49. The van der Waals surface area contributed by atoms with Crippen LogP contribution in [0.5, 0.6) is 0 Å². The van der Waals surface area contributed by atoms with Gasteiger partial charge in [0.25, 0.3) is 5.91 Å². The van der Waals surface area contributed by atoms with Crippen LogP contribution in [0, 0.1) is 0 Å². The molecule has 2 aromatic rings. The number of carbonyl (C=O) groups is 1. The zero-order valence-electron chi connectivity index (χ0n) is 10.2. The second-order valence-corrected chi connectivity index (χ2v) is 5.37. The molecule has 94 valence electrons. The highest BCUT2D eigenvalue weighted by Crippen LogP contribution is 2.17. The number of aryl methyl sites for hydroxylation is 1. The minimum Gasteiger partial charge on any atom is -0.333 e. The van der Waals surface area contributed by atoms with Crippen LogP contribution in [0.4, 0.5) is 0 Å². The van der Waals surface area contributed by atoms with E-state index in [4.69, 9.17) is 0 Å². The average Bonchev–Trinajstić information content (AvgIpc) is 3.06. The Kier molecular flexibility index (Phi) is 2.87. The van der Waals surface area contributed by atoms with E-state index in [1.165, 1.54) is 11.3 Å². The second-order valence-electron chi connectivity index (χ2n) is 4.43. The molecule has 1 aliphatic rings. The van der Waals surface area contributed by atoms with Crippen molar-refractivity contribution in [1.29, 1.82) is 0 Å². The molecule has 0 spiro atoms. The van der Waals surface area contributed by atoms with Crippen LogP contribution in [0.15, 0.2) is 17.5 Å². The van der Waals surface area contributed by atoms with Crippen LogP contribution >= 0.6 is 11.3 Å². The minimum atomic E-state index is 0.0420. The summed E-state index contributed by atoms with van der Waals surface area (Å²) in [4.78, 5) is 14.6. The van der Waals surface area contributed by atoms with Crippen molar-refractivity contribution in [2.24, 2.45) is 0 Å². The van der Waals surface area contributed by atoms with Crippen LogP contribution in [-0.2, 0) is 19.5 Å². The van der Waals surface area contributed by atoms with Crippen LogP contribution in [-0.4, -0.2) is 32.6 Å². The van der Waals surface area contributed by atoms with Gasteiger partial charge in [-0.2, -0.15) is 0 Å². The quantitative estimate of drug-likeness (QED) is 0.843. The third-order valence-electron chi connectivity index (χ3n) is 3.14. The van der Waals surface area contributed by atoms with Crippen molar-refractivity contribution in [2.45, 2.75) is 25.9 Å². The van der Waals surface area contributed by atoms with Crippen molar-refractivity contribution in [2.75, 3.05) is 7.05 Å². The molecule has 0 aromatic carbocycles. The molecule has 2 aromatic heterocycles. The third-order valence-corrected chi connectivity index (χ3v) is 4.00. The maximum Gasteiger partial charge on any atom is 0.264 e. The summed E-state index contributed by atoms with van der Waals surface area (Å²) in [6.07, 6.45) is 2.12. The van der Waals surface area contributed by atoms with Gasteiger partial charge >= 0.3 is 0 Å². The Morgan fingerprint density at radius 1 is 1.56 bits per heavy atom. The normalized spacial score (nSPS) is 13.6. The first-order chi connectivity index (χ1) is 8.75. The lowest BCUT2D eigenvalue weighted by molar-refractivity contribution is 0.0785. The van der Waals surface area contributed by atoms with Gasteiger partial charge in [0.1, 0.15) is 5.82 Å². The highest BCUT2D eigenvalue weighted by atomic mass is 32.1. The molecule has 0 aliphatic carbocycles. The number of nitrogens with zero attached hydrogens (tertiary/aromatic N) is 4.